The Morgan fingerprint density at radius 1 is 1.26 bits per heavy atom. The van der Waals surface area contributed by atoms with Gasteiger partial charge in [0.05, 0.1) is 27.6 Å². The zero-order valence-electron chi connectivity index (χ0n) is 12.7. The van der Waals surface area contributed by atoms with Crippen LogP contribution in [0.1, 0.15) is 19.3 Å². The molecule has 1 aliphatic heterocycles. The summed E-state index contributed by atoms with van der Waals surface area (Å²) in [5, 5.41) is 5.71. The largest absolute Gasteiger partial charge is 0.492 e. The van der Waals surface area contributed by atoms with Crippen molar-refractivity contribution in [3.8, 4) is 5.75 Å². The van der Waals surface area contributed by atoms with Crippen LogP contribution in [0.2, 0.25) is 10.0 Å². The third kappa shape index (κ3) is 2.86. The van der Waals surface area contributed by atoms with E-state index in [2.05, 4.69) is 22.8 Å². The number of halogens is 2. The van der Waals surface area contributed by atoms with Crippen molar-refractivity contribution in [3.05, 3.63) is 46.4 Å². The van der Waals surface area contributed by atoms with Crippen LogP contribution in [0.25, 0.3) is 10.9 Å². The molecule has 0 saturated carbocycles. The topological polar surface area (TPSA) is 37.0 Å². The van der Waals surface area contributed by atoms with E-state index in [0.717, 1.165) is 23.2 Å². The molecule has 2 aromatic rings. The van der Waals surface area contributed by atoms with Gasteiger partial charge in [0.25, 0.3) is 0 Å². The molecule has 1 aliphatic carbocycles. The minimum atomic E-state index is 0.338. The highest BCUT2D eigenvalue weighted by atomic mass is 35.5. The highest BCUT2D eigenvalue weighted by molar-refractivity contribution is 6.40. The van der Waals surface area contributed by atoms with E-state index in [4.69, 9.17) is 27.9 Å². The van der Waals surface area contributed by atoms with E-state index in [9.17, 15) is 0 Å². The highest BCUT2D eigenvalue weighted by Crippen LogP contribution is 2.36. The standard InChI is InChI=1S/C18H19Cl2N2O/c19-13-5-6-16(17-14(20)10-22-18(13)17)23-8-7-15-12-4-2-1-3-11(12)9-21-15/h4-7,10-11,15,21-22H,1-3,8-9H2. The number of benzene rings is 1. The molecule has 0 amide bonds. The predicted molar refractivity (Wildman–Crippen MR) is 95.3 cm³/mol. The van der Waals surface area contributed by atoms with Crippen LogP contribution >= 0.6 is 23.2 Å². The van der Waals surface area contributed by atoms with Gasteiger partial charge in [-0.1, -0.05) is 34.9 Å². The molecular weight excluding hydrogens is 331 g/mol. The van der Waals surface area contributed by atoms with Gasteiger partial charge in [0.2, 0.25) is 0 Å². The van der Waals surface area contributed by atoms with E-state index >= 15 is 0 Å². The number of H-pyrrole nitrogens is 1. The van der Waals surface area contributed by atoms with Crippen molar-refractivity contribution in [1.82, 2.24) is 10.3 Å². The fraction of sp³-hybridized carbons (Fsp3) is 0.389. The molecule has 3 nitrogen and oxygen atoms in total. The Hall–Kier alpha value is -1.16. The molecule has 2 N–H and O–H groups in total. The summed E-state index contributed by atoms with van der Waals surface area (Å²) in [7, 11) is 0. The number of aromatic amines is 1. The molecule has 0 bridgehead atoms. The second kappa shape index (κ2) is 6.39. The molecular formula is C18H19Cl2N2O. The van der Waals surface area contributed by atoms with Crippen molar-refractivity contribution >= 4 is 34.1 Å². The number of aromatic nitrogens is 1. The van der Waals surface area contributed by atoms with Gasteiger partial charge in [-0.25, -0.2) is 0 Å². The Morgan fingerprint density at radius 3 is 3.09 bits per heavy atom. The summed E-state index contributed by atoms with van der Waals surface area (Å²) < 4.78 is 5.97. The van der Waals surface area contributed by atoms with Gasteiger partial charge in [-0.15, -0.1) is 0 Å². The van der Waals surface area contributed by atoms with Crippen LogP contribution in [0, 0.1) is 12.3 Å². The average Bonchev–Trinajstić information content (AvgIpc) is 3.15. The number of rotatable bonds is 4. The maximum Gasteiger partial charge on any atom is 0.130 e. The minimum Gasteiger partial charge on any atom is -0.492 e. The van der Waals surface area contributed by atoms with Crippen LogP contribution in [-0.4, -0.2) is 24.2 Å². The predicted octanol–water partition coefficient (Wildman–Crippen LogP) is 4.76. The Labute approximate surface area is 146 Å². The minimum absolute atomic E-state index is 0.338. The smallest absolute Gasteiger partial charge is 0.130 e. The molecule has 2 unspecified atom stereocenters. The summed E-state index contributed by atoms with van der Waals surface area (Å²) in [6, 6.07) is 4.05. The number of hydrogen-bond acceptors (Lipinski definition) is 2. The van der Waals surface area contributed by atoms with Gasteiger partial charge in [0, 0.05) is 25.2 Å². The van der Waals surface area contributed by atoms with Crippen LogP contribution < -0.4 is 10.1 Å². The lowest BCUT2D eigenvalue weighted by atomic mass is 9.86. The number of hydrogen-bond donors (Lipinski definition) is 2. The lowest BCUT2D eigenvalue weighted by molar-refractivity contribution is 0.344. The van der Waals surface area contributed by atoms with E-state index in [0.29, 0.717) is 28.6 Å². The summed E-state index contributed by atoms with van der Waals surface area (Å²) in [5.41, 5.74) is 2.36. The van der Waals surface area contributed by atoms with Crippen molar-refractivity contribution in [1.29, 1.82) is 0 Å². The summed E-state index contributed by atoms with van der Waals surface area (Å²) >= 11 is 12.4. The molecule has 121 valence electrons. The van der Waals surface area contributed by atoms with Gasteiger partial charge >= 0.3 is 0 Å². The van der Waals surface area contributed by atoms with Gasteiger partial charge in [-0.05, 0) is 37.3 Å². The van der Waals surface area contributed by atoms with E-state index in [-0.39, 0.29) is 0 Å². The van der Waals surface area contributed by atoms with E-state index in [1.807, 2.05) is 12.1 Å². The molecule has 1 aromatic heterocycles. The quantitative estimate of drug-likeness (QED) is 0.781. The molecule has 1 radical (unpaired) electrons. The fourth-order valence-electron chi connectivity index (χ4n) is 3.67. The van der Waals surface area contributed by atoms with Crippen molar-refractivity contribution in [2.24, 2.45) is 5.92 Å². The Bertz CT molecular complexity index is 753. The number of nitrogens with one attached hydrogen (secondary N) is 2. The first-order valence-corrected chi connectivity index (χ1v) is 8.84. The molecule has 2 atom stereocenters. The van der Waals surface area contributed by atoms with Crippen molar-refractivity contribution < 1.29 is 4.74 Å². The lowest BCUT2D eigenvalue weighted by Crippen LogP contribution is -2.25. The first-order valence-electron chi connectivity index (χ1n) is 8.08. The van der Waals surface area contributed by atoms with E-state index < -0.39 is 0 Å². The normalized spacial score (nSPS) is 23.8. The summed E-state index contributed by atoms with van der Waals surface area (Å²) in [5.74, 6) is 1.48. The van der Waals surface area contributed by atoms with E-state index in [1.54, 1.807) is 11.8 Å². The van der Waals surface area contributed by atoms with Crippen LogP contribution in [0.4, 0.5) is 0 Å². The van der Waals surface area contributed by atoms with Gasteiger partial charge in [0.15, 0.2) is 0 Å². The number of ether oxygens (including phenoxy) is 1. The Morgan fingerprint density at radius 2 is 2.17 bits per heavy atom. The molecule has 23 heavy (non-hydrogen) atoms. The van der Waals surface area contributed by atoms with E-state index in [1.165, 1.54) is 19.3 Å². The molecule has 5 heteroatoms. The molecule has 4 rings (SSSR count). The molecule has 2 aliphatic rings. The second-order valence-electron chi connectivity index (χ2n) is 6.20. The first kappa shape index (κ1) is 15.4. The van der Waals surface area contributed by atoms with Crippen molar-refractivity contribution in [2.45, 2.75) is 25.3 Å². The molecule has 0 spiro atoms. The Kier molecular flexibility index (Phi) is 4.27. The maximum atomic E-state index is 6.25. The summed E-state index contributed by atoms with van der Waals surface area (Å²) in [6.07, 6.45) is 10.2. The van der Waals surface area contributed by atoms with Crippen LogP contribution in [-0.2, 0) is 0 Å². The first-order chi connectivity index (χ1) is 11.2. The summed E-state index contributed by atoms with van der Waals surface area (Å²) in [4.78, 5) is 3.09. The van der Waals surface area contributed by atoms with Crippen molar-refractivity contribution in [2.75, 3.05) is 13.2 Å². The zero-order valence-corrected chi connectivity index (χ0v) is 14.3. The van der Waals surface area contributed by atoms with Gasteiger partial charge in [-0.3, -0.25) is 0 Å². The second-order valence-corrected chi connectivity index (χ2v) is 7.01. The Balaban J connectivity index is 1.45. The van der Waals surface area contributed by atoms with Crippen LogP contribution in [0.5, 0.6) is 5.75 Å². The summed E-state index contributed by atoms with van der Waals surface area (Å²) in [6.45, 7) is 1.63. The van der Waals surface area contributed by atoms with Crippen molar-refractivity contribution in [3.63, 3.8) is 0 Å². The van der Waals surface area contributed by atoms with Gasteiger partial charge in [0.1, 0.15) is 5.75 Å². The molecule has 1 aromatic carbocycles. The van der Waals surface area contributed by atoms with Gasteiger partial charge < -0.3 is 15.0 Å². The zero-order chi connectivity index (χ0) is 15.8. The number of allylic oxidation sites excluding steroid dienone is 1. The fourth-order valence-corrected chi connectivity index (χ4v) is 4.13. The molecule has 2 heterocycles. The van der Waals surface area contributed by atoms with Crippen LogP contribution in [0.3, 0.4) is 0 Å². The SMILES string of the molecule is Clc1ccc(OC[CH]C2NCC3CCCC=C32)c2c(Cl)c[nH]c12. The molecule has 1 fully saturated rings. The van der Waals surface area contributed by atoms with Gasteiger partial charge in [-0.2, -0.15) is 0 Å². The maximum absolute atomic E-state index is 6.25. The third-order valence-electron chi connectivity index (χ3n) is 4.82. The highest BCUT2D eigenvalue weighted by Gasteiger charge is 2.30. The van der Waals surface area contributed by atoms with Crippen LogP contribution in [0.15, 0.2) is 30.0 Å². The number of fused-ring (bicyclic) bond motifs is 2. The third-order valence-corrected chi connectivity index (χ3v) is 5.43. The monoisotopic (exact) mass is 349 g/mol. The lowest BCUT2D eigenvalue weighted by Gasteiger charge is -2.20. The average molecular weight is 350 g/mol. The molecule has 1 saturated heterocycles.